The summed E-state index contributed by atoms with van der Waals surface area (Å²) in [6, 6.07) is 15.4. The molecule has 1 aromatic heterocycles. The van der Waals surface area contributed by atoms with Crippen LogP contribution in [-0.4, -0.2) is 59.6 Å². The van der Waals surface area contributed by atoms with Crippen molar-refractivity contribution < 1.29 is 9.53 Å². The number of carbonyl (C=O) groups is 1. The van der Waals surface area contributed by atoms with Crippen molar-refractivity contribution in [1.29, 1.82) is 0 Å². The van der Waals surface area contributed by atoms with Crippen LogP contribution in [0.2, 0.25) is 0 Å². The van der Waals surface area contributed by atoms with E-state index >= 15 is 0 Å². The van der Waals surface area contributed by atoms with Crippen molar-refractivity contribution in [3.8, 4) is 0 Å². The molecule has 0 saturated carbocycles. The van der Waals surface area contributed by atoms with Crippen molar-refractivity contribution in [2.45, 2.75) is 50.3 Å². The monoisotopic (exact) mass is 393 g/mol. The van der Waals surface area contributed by atoms with Crippen LogP contribution >= 0.6 is 0 Å². The fraction of sp³-hybridized carbons (Fsp3) is 0.500. The summed E-state index contributed by atoms with van der Waals surface area (Å²) in [5, 5.41) is 0. The van der Waals surface area contributed by atoms with Crippen LogP contribution in [0.5, 0.6) is 0 Å². The number of rotatable bonds is 7. The fourth-order valence-electron chi connectivity index (χ4n) is 4.73. The maximum Gasteiger partial charge on any atom is 0.222 e. The summed E-state index contributed by atoms with van der Waals surface area (Å²) in [6.45, 7) is 2.69. The maximum atomic E-state index is 12.6. The Morgan fingerprint density at radius 3 is 2.62 bits per heavy atom. The first-order chi connectivity index (χ1) is 14.3. The second-order valence-electron chi connectivity index (χ2n) is 8.15. The van der Waals surface area contributed by atoms with Crippen molar-refractivity contribution in [3.63, 3.8) is 0 Å². The molecule has 1 aromatic carbocycles. The molecule has 0 unspecified atom stereocenters. The Kier molecular flexibility index (Phi) is 6.57. The quantitative estimate of drug-likeness (QED) is 0.723. The lowest BCUT2D eigenvalue weighted by Gasteiger charge is -2.53. The van der Waals surface area contributed by atoms with Gasteiger partial charge in [0.05, 0.1) is 12.1 Å². The molecule has 2 aliphatic rings. The molecule has 0 N–H and O–H groups in total. The molecular formula is C24H31N3O2. The number of hydrogen-bond acceptors (Lipinski definition) is 4. The molecule has 2 saturated heterocycles. The molecule has 0 aliphatic carbocycles. The highest BCUT2D eigenvalue weighted by Crippen LogP contribution is 2.39. The summed E-state index contributed by atoms with van der Waals surface area (Å²) in [4.78, 5) is 21.5. The molecule has 1 amide bonds. The minimum Gasteiger partial charge on any atom is -0.378 e. The summed E-state index contributed by atoms with van der Waals surface area (Å²) >= 11 is 0. The first-order valence-electron chi connectivity index (χ1n) is 10.8. The van der Waals surface area contributed by atoms with Gasteiger partial charge in [-0.1, -0.05) is 36.4 Å². The highest BCUT2D eigenvalue weighted by atomic mass is 16.5. The van der Waals surface area contributed by atoms with Gasteiger partial charge in [-0.2, -0.15) is 0 Å². The zero-order chi connectivity index (χ0) is 20.1. The number of piperidine rings is 1. The molecule has 5 nitrogen and oxygen atoms in total. The van der Waals surface area contributed by atoms with Crippen molar-refractivity contribution in [3.05, 3.63) is 66.0 Å². The number of carbonyl (C=O) groups excluding carboxylic acids is 1. The van der Waals surface area contributed by atoms with E-state index in [0.29, 0.717) is 18.4 Å². The molecule has 2 aromatic rings. The van der Waals surface area contributed by atoms with E-state index in [1.165, 1.54) is 11.1 Å². The number of hydrogen-bond donors (Lipinski definition) is 0. The van der Waals surface area contributed by atoms with Gasteiger partial charge >= 0.3 is 0 Å². The second-order valence-corrected chi connectivity index (χ2v) is 8.15. The van der Waals surface area contributed by atoms with Gasteiger partial charge in [0.25, 0.3) is 0 Å². The van der Waals surface area contributed by atoms with E-state index in [4.69, 9.17) is 4.74 Å². The van der Waals surface area contributed by atoms with E-state index in [-0.39, 0.29) is 12.1 Å². The van der Waals surface area contributed by atoms with Crippen LogP contribution in [0.1, 0.15) is 42.9 Å². The molecule has 4 rings (SSSR count). The molecule has 5 heteroatoms. The minimum atomic E-state index is 0.233. The average Bonchev–Trinajstić information content (AvgIpc) is 2.75. The average molecular weight is 394 g/mol. The number of aryl methyl sites for hydroxylation is 1. The number of likely N-dealkylation sites (tertiary alicyclic amines) is 2. The molecule has 3 heterocycles. The Balaban J connectivity index is 1.25. The Morgan fingerprint density at radius 2 is 1.93 bits per heavy atom. The molecule has 0 bridgehead atoms. The largest absolute Gasteiger partial charge is 0.378 e. The minimum absolute atomic E-state index is 0.233. The summed E-state index contributed by atoms with van der Waals surface area (Å²) in [5.74, 6) is 0.307. The predicted octanol–water partition coefficient (Wildman–Crippen LogP) is 3.47. The van der Waals surface area contributed by atoms with Crippen molar-refractivity contribution in [1.82, 2.24) is 14.8 Å². The third-order valence-corrected chi connectivity index (χ3v) is 6.41. The summed E-state index contributed by atoms with van der Waals surface area (Å²) in [7, 11) is 1.79. The van der Waals surface area contributed by atoms with E-state index in [9.17, 15) is 4.79 Å². The van der Waals surface area contributed by atoms with Crippen molar-refractivity contribution >= 4 is 5.91 Å². The van der Waals surface area contributed by atoms with Gasteiger partial charge in [0.1, 0.15) is 0 Å². The van der Waals surface area contributed by atoms with Crippen LogP contribution in [0, 0.1) is 0 Å². The zero-order valence-corrected chi connectivity index (χ0v) is 17.2. The van der Waals surface area contributed by atoms with E-state index in [0.717, 1.165) is 45.3 Å². The van der Waals surface area contributed by atoms with Crippen molar-refractivity contribution in [2.75, 3.05) is 26.7 Å². The number of amides is 1. The number of ether oxygens (including phenoxy) is 1. The molecule has 0 radical (unpaired) electrons. The normalized spacial score (nSPS) is 23.0. The Labute approximate surface area is 173 Å². The third kappa shape index (κ3) is 4.68. The number of benzene rings is 1. The lowest BCUT2D eigenvalue weighted by Crippen LogP contribution is -2.60. The Morgan fingerprint density at radius 1 is 1.14 bits per heavy atom. The Bertz CT molecular complexity index is 775. The van der Waals surface area contributed by atoms with E-state index in [1.807, 2.05) is 24.5 Å². The number of aromatic nitrogens is 1. The second kappa shape index (κ2) is 9.51. The molecule has 2 fully saturated rings. The highest BCUT2D eigenvalue weighted by Gasteiger charge is 2.44. The molecule has 29 heavy (non-hydrogen) atoms. The zero-order valence-electron chi connectivity index (χ0n) is 17.2. The van der Waals surface area contributed by atoms with Crippen LogP contribution in [0.4, 0.5) is 0 Å². The van der Waals surface area contributed by atoms with Gasteiger partial charge < -0.3 is 9.64 Å². The van der Waals surface area contributed by atoms with Crippen LogP contribution in [-0.2, 0) is 16.0 Å². The highest BCUT2D eigenvalue weighted by molar-refractivity contribution is 5.76. The van der Waals surface area contributed by atoms with Gasteiger partial charge in [-0.05, 0) is 42.9 Å². The lowest BCUT2D eigenvalue weighted by molar-refractivity contribution is -0.137. The number of nitrogens with zero attached hydrogens (tertiary/aromatic N) is 3. The molecular weight excluding hydrogens is 362 g/mol. The van der Waals surface area contributed by atoms with E-state index in [2.05, 4.69) is 45.1 Å². The SMILES string of the molecule is CO[C@H]1CN(C2CCN(C(=O)CCCc3ccccc3)CC2)[C@H]1c1cccnc1. The van der Waals surface area contributed by atoms with Crippen LogP contribution in [0.25, 0.3) is 0 Å². The van der Waals surface area contributed by atoms with Gasteiger partial charge in [-0.15, -0.1) is 0 Å². The molecule has 154 valence electrons. The first-order valence-corrected chi connectivity index (χ1v) is 10.8. The van der Waals surface area contributed by atoms with Crippen LogP contribution in [0.3, 0.4) is 0 Å². The van der Waals surface area contributed by atoms with Gasteiger partial charge in [-0.25, -0.2) is 0 Å². The van der Waals surface area contributed by atoms with E-state index in [1.54, 1.807) is 7.11 Å². The molecule has 2 aliphatic heterocycles. The van der Waals surface area contributed by atoms with Crippen LogP contribution in [0.15, 0.2) is 54.9 Å². The smallest absolute Gasteiger partial charge is 0.222 e. The topological polar surface area (TPSA) is 45.7 Å². The fourth-order valence-corrected chi connectivity index (χ4v) is 4.73. The predicted molar refractivity (Wildman–Crippen MR) is 113 cm³/mol. The number of pyridine rings is 1. The Hall–Kier alpha value is -2.24. The molecule has 2 atom stereocenters. The van der Waals surface area contributed by atoms with E-state index < -0.39 is 0 Å². The third-order valence-electron chi connectivity index (χ3n) is 6.41. The van der Waals surface area contributed by atoms with Crippen molar-refractivity contribution in [2.24, 2.45) is 0 Å². The summed E-state index contributed by atoms with van der Waals surface area (Å²) in [5.41, 5.74) is 2.54. The van der Waals surface area contributed by atoms with Gasteiger partial charge in [0, 0.05) is 51.6 Å². The summed E-state index contributed by atoms with van der Waals surface area (Å²) < 4.78 is 5.68. The van der Waals surface area contributed by atoms with Crippen LogP contribution < -0.4 is 0 Å². The number of methoxy groups -OCH3 is 1. The van der Waals surface area contributed by atoms with Gasteiger partial charge in [0.15, 0.2) is 0 Å². The first kappa shape index (κ1) is 20.0. The standard InChI is InChI=1S/C24H31N3O2/c1-29-22-18-27(24(22)20-10-6-14-25-17-20)21-12-15-26(16-13-21)23(28)11-5-9-19-7-3-2-4-8-19/h2-4,6-8,10,14,17,21-22,24H,5,9,11-13,15-16,18H2,1H3/t22-,24-/m0/s1. The lowest BCUT2D eigenvalue weighted by atomic mass is 9.87. The maximum absolute atomic E-state index is 12.6. The molecule has 0 spiro atoms. The van der Waals surface area contributed by atoms with Gasteiger partial charge in [0.2, 0.25) is 5.91 Å². The van der Waals surface area contributed by atoms with Gasteiger partial charge in [-0.3, -0.25) is 14.7 Å². The summed E-state index contributed by atoms with van der Waals surface area (Å²) in [6.07, 6.45) is 8.62.